The van der Waals surface area contributed by atoms with Gasteiger partial charge in [-0.1, -0.05) is 44.2 Å². The number of hydrogen-bond donors (Lipinski definition) is 1. The summed E-state index contributed by atoms with van der Waals surface area (Å²) in [5.41, 5.74) is 1.16. The molecule has 0 radical (unpaired) electrons. The first-order valence-corrected chi connectivity index (χ1v) is 8.42. The molecule has 1 amide bonds. The van der Waals surface area contributed by atoms with Crippen molar-refractivity contribution in [1.29, 1.82) is 0 Å². The van der Waals surface area contributed by atoms with Crippen molar-refractivity contribution in [1.82, 2.24) is 9.88 Å². The largest absolute Gasteiger partial charge is 0.351 e. The predicted molar refractivity (Wildman–Crippen MR) is 101 cm³/mol. The highest BCUT2D eigenvalue weighted by molar-refractivity contribution is 6.06. The van der Waals surface area contributed by atoms with Crippen molar-refractivity contribution in [3.63, 3.8) is 0 Å². The van der Waals surface area contributed by atoms with Crippen LogP contribution in [0.25, 0.3) is 10.9 Å². The Balaban J connectivity index is 1.88. The van der Waals surface area contributed by atoms with Crippen molar-refractivity contribution < 1.29 is 9.18 Å². The molecule has 1 N–H and O–H groups in total. The van der Waals surface area contributed by atoms with Gasteiger partial charge in [0.2, 0.25) is 0 Å². The van der Waals surface area contributed by atoms with E-state index in [-0.39, 0.29) is 17.3 Å². The highest BCUT2D eigenvalue weighted by atomic mass is 19.1. The Kier molecular flexibility index (Phi) is 4.64. The van der Waals surface area contributed by atoms with E-state index in [0.29, 0.717) is 17.6 Å². The summed E-state index contributed by atoms with van der Waals surface area (Å²) in [6.07, 6.45) is 0. The number of nitrogens with zero attached hydrogens (tertiary/aromatic N) is 1. The van der Waals surface area contributed by atoms with Crippen molar-refractivity contribution >= 4 is 16.8 Å². The Morgan fingerprint density at radius 2 is 1.85 bits per heavy atom. The summed E-state index contributed by atoms with van der Waals surface area (Å²) in [7, 11) is 1.68. The second kappa shape index (κ2) is 6.75. The summed E-state index contributed by atoms with van der Waals surface area (Å²) in [4.78, 5) is 24.9. The zero-order valence-electron chi connectivity index (χ0n) is 15.0. The van der Waals surface area contributed by atoms with Crippen LogP contribution >= 0.6 is 0 Å². The fourth-order valence-corrected chi connectivity index (χ4v) is 3.01. The van der Waals surface area contributed by atoms with Gasteiger partial charge in [0.15, 0.2) is 0 Å². The van der Waals surface area contributed by atoms with Crippen LogP contribution in [0, 0.1) is 5.82 Å². The van der Waals surface area contributed by atoms with E-state index in [9.17, 15) is 14.0 Å². The van der Waals surface area contributed by atoms with Crippen molar-refractivity contribution in [2.24, 2.45) is 7.05 Å². The minimum absolute atomic E-state index is 0.238. The van der Waals surface area contributed by atoms with Gasteiger partial charge in [0.1, 0.15) is 5.82 Å². The van der Waals surface area contributed by atoms with Gasteiger partial charge in [-0.2, -0.15) is 0 Å². The Hall–Kier alpha value is -2.95. The van der Waals surface area contributed by atoms with Crippen LogP contribution in [0.5, 0.6) is 0 Å². The van der Waals surface area contributed by atoms with Crippen LogP contribution in [-0.2, 0) is 12.5 Å². The zero-order chi connectivity index (χ0) is 18.9. The van der Waals surface area contributed by atoms with Crippen LogP contribution in [0.3, 0.4) is 0 Å². The fraction of sp³-hybridized carbons (Fsp3) is 0.238. The van der Waals surface area contributed by atoms with E-state index in [4.69, 9.17) is 0 Å². The van der Waals surface area contributed by atoms with Gasteiger partial charge in [-0.25, -0.2) is 4.39 Å². The number of amides is 1. The molecule has 0 fully saturated rings. The Morgan fingerprint density at radius 1 is 1.12 bits per heavy atom. The van der Waals surface area contributed by atoms with E-state index in [0.717, 1.165) is 10.9 Å². The van der Waals surface area contributed by atoms with E-state index >= 15 is 0 Å². The lowest BCUT2D eigenvalue weighted by Crippen LogP contribution is -2.37. The molecular weight excluding hydrogens is 331 g/mol. The van der Waals surface area contributed by atoms with E-state index in [1.807, 2.05) is 44.2 Å². The van der Waals surface area contributed by atoms with Crippen molar-refractivity contribution in [3.05, 3.63) is 81.9 Å². The van der Waals surface area contributed by atoms with E-state index < -0.39 is 5.41 Å². The minimum atomic E-state index is -0.451. The van der Waals surface area contributed by atoms with Crippen LogP contribution in [0.15, 0.2) is 59.4 Å². The molecule has 26 heavy (non-hydrogen) atoms. The summed E-state index contributed by atoms with van der Waals surface area (Å²) in [6, 6.07) is 15.0. The lowest BCUT2D eigenvalue weighted by Gasteiger charge is -2.26. The van der Waals surface area contributed by atoms with Crippen LogP contribution in [0.4, 0.5) is 4.39 Å². The molecule has 2 aromatic carbocycles. The summed E-state index contributed by atoms with van der Waals surface area (Å²) in [5.74, 6) is -0.622. The summed E-state index contributed by atoms with van der Waals surface area (Å²) in [5, 5.41) is 3.60. The van der Waals surface area contributed by atoms with E-state index in [1.54, 1.807) is 13.1 Å². The van der Waals surface area contributed by atoms with Gasteiger partial charge in [0.25, 0.3) is 11.5 Å². The maximum absolute atomic E-state index is 13.5. The van der Waals surface area contributed by atoms with Crippen molar-refractivity contribution in [2.45, 2.75) is 19.3 Å². The number of aryl methyl sites for hydroxylation is 1. The van der Waals surface area contributed by atoms with E-state index in [2.05, 4.69) is 5.32 Å². The highest BCUT2D eigenvalue weighted by Crippen LogP contribution is 2.23. The Labute approximate surface area is 151 Å². The van der Waals surface area contributed by atoms with Gasteiger partial charge in [0.05, 0.1) is 11.1 Å². The molecule has 0 aliphatic rings. The highest BCUT2D eigenvalue weighted by Gasteiger charge is 2.23. The monoisotopic (exact) mass is 352 g/mol. The third kappa shape index (κ3) is 3.38. The number of para-hydroxylation sites is 1. The molecule has 1 aromatic heterocycles. The molecule has 0 saturated carbocycles. The van der Waals surface area contributed by atoms with Crippen LogP contribution in [0.2, 0.25) is 0 Å². The molecule has 5 heteroatoms. The molecule has 0 saturated heterocycles. The first kappa shape index (κ1) is 17.9. The molecule has 1 heterocycles. The molecule has 4 nitrogen and oxygen atoms in total. The smallest absolute Gasteiger partial charge is 0.252 e. The zero-order valence-corrected chi connectivity index (χ0v) is 15.0. The predicted octanol–water partition coefficient (Wildman–Crippen LogP) is 3.39. The number of hydrogen-bond acceptors (Lipinski definition) is 2. The molecule has 134 valence electrons. The average molecular weight is 352 g/mol. The third-order valence-corrected chi connectivity index (χ3v) is 4.70. The second-order valence-electron chi connectivity index (χ2n) is 7.05. The quantitative estimate of drug-likeness (QED) is 0.783. The van der Waals surface area contributed by atoms with Crippen LogP contribution < -0.4 is 10.9 Å². The van der Waals surface area contributed by atoms with Crippen molar-refractivity contribution in [2.75, 3.05) is 6.54 Å². The number of fused-ring (bicyclic) bond motifs is 1. The Bertz CT molecular complexity index is 1040. The fourth-order valence-electron chi connectivity index (χ4n) is 3.01. The molecule has 3 rings (SSSR count). The first-order chi connectivity index (χ1) is 12.3. The van der Waals surface area contributed by atoms with Crippen LogP contribution in [0.1, 0.15) is 29.8 Å². The number of halogens is 1. The summed E-state index contributed by atoms with van der Waals surface area (Å²) >= 11 is 0. The number of carbonyl (C=O) groups excluding carboxylic acids is 1. The normalized spacial score (nSPS) is 11.5. The van der Waals surface area contributed by atoms with Crippen LogP contribution in [-0.4, -0.2) is 17.0 Å². The molecule has 0 spiro atoms. The molecule has 0 atom stereocenters. The topological polar surface area (TPSA) is 51.1 Å². The summed E-state index contributed by atoms with van der Waals surface area (Å²) in [6.45, 7) is 4.19. The molecule has 0 aliphatic carbocycles. The maximum Gasteiger partial charge on any atom is 0.252 e. The molecule has 0 aliphatic heterocycles. The van der Waals surface area contributed by atoms with Crippen molar-refractivity contribution in [3.8, 4) is 0 Å². The second-order valence-corrected chi connectivity index (χ2v) is 7.05. The molecular formula is C21H21FN2O2. The third-order valence-electron chi connectivity index (χ3n) is 4.70. The lowest BCUT2D eigenvalue weighted by molar-refractivity contribution is 0.0947. The molecule has 3 aromatic rings. The number of benzene rings is 2. The number of nitrogens with one attached hydrogen (secondary N) is 1. The van der Waals surface area contributed by atoms with E-state index in [1.165, 1.54) is 22.8 Å². The number of carbonyl (C=O) groups is 1. The standard InChI is InChI=1S/C21H21FN2O2/c1-21(2,14-7-6-8-15(22)11-14)13-23-20(26)17-12-19(25)24(3)18-10-5-4-9-16(17)18/h4-12H,13H2,1-3H3,(H,23,26). The lowest BCUT2D eigenvalue weighted by atomic mass is 9.84. The van der Waals surface area contributed by atoms with Gasteiger partial charge < -0.3 is 9.88 Å². The number of aromatic nitrogens is 1. The number of rotatable bonds is 4. The Morgan fingerprint density at radius 3 is 2.58 bits per heavy atom. The van der Waals surface area contributed by atoms with Gasteiger partial charge in [0, 0.05) is 30.5 Å². The first-order valence-electron chi connectivity index (χ1n) is 8.42. The molecule has 0 unspecified atom stereocenters. The minimum Gasteiger partial charge on any atom is -0.351 e. The SMILES string of the molecule is Cn1c(=O)cc(C(=O)NCC(C)(C)c2cccc(F)c2)c2ccccc21. The number of pyridine rings is 1. The van der Waals surface area contributed by atoms with Gasteiger partial charge in [-0.05, 0) is 23.8 Å². The summed E-state index contributed by atoms with van der Waals surface area (Å²) < 4.78 is 15.0. The average Bonchev–Trinajstić information content (AvgIpc) is 2.63. The van der Waals surface area contributed by atoms with Gasteiger partial charge in [-0.15, -0.1) is 0 Å². The van der Waals surface area contributed by atoms with Gasteiger partial charge in [-0.3, -0.25) is 9.59 Å². The maximum atomic E-state index is 13.5. The molecule has 0 bridgehead atoms. The van der Waals surface area contributed by atoms with Gasteiger partial charge >= 0.3 is 0 Å².